The van der Waals surface area contributed by atoms with Crippen molar-refractivity contribution in [1.29, 1.82) is 0 Å². The van der Waals surface area contributed by atoms with E-state index in [4.69, 9.17) is 0 Å². The summed E-state index contributed by atoms with van der Waals surface area (Å²) in [5, 5.41) is 1.15. The van der Waals surface area contributed by atoms with Crippen molar-refractivity contribution in [1.82, 2.24) is 0 Å². The third kappa shape index (κ3) is 4.03. The largest absolute Gasteiger partial charge is 0.294 e. The zero-order valence-electron chi connectivity index (χ0n) is 13.4. The van der Waals surface area contributed by atoms with Gasteiger partial charge in [-0.2, -0.15) is 8.42 Å². The SMILES string of the molecule is Cc1ccc(S(=O)(=O)O)cc1P(C(C)(C)C)C(C)(C)C. The molecule has 0 aromatic heterocycles. The molecule has 0 heterocycles. The minimum atomic E-state index is -4.16. The molecular weight excluding hydrogens is 291 g/mol. The molecule has 114 valence electrons. The first kappa shape index (κ1) is 17.6. The molecule has 3 nitrogen and oxygen atoms in total. The van der Waals surface area contributed by atoms with Gasteiger partial charge >= 0.3 is 0 Å². The van der Waals surface area contributed by atoms with Crippen molar-refractivity contribution in [3.05, 3.63) is 23.8 Å². The molecule has 0 bridgehead atoms. The smallest absolute Gasteiger partial charge is 0.282 e. The van der Waals surface area contributed by atoms with E-state index in [2.05, 4.69) is 41.5 Å². The van der Waals surface area contributed by atoms with Gasteiger partial charge in [-0.25, -0.2) is 0 Å². The van der Waals surface area contributed by atoms with Crippen molar-refractivity contribution in [2.45, 2.75) is 63.7 Å². The summed E-state index contributed by atoms with van der Waals surface area (Å²) >= 11 is 0. The second-order valence-electron chi connectivity index (χ2n) is 7.10. The van der Waals surface area contributed by atoms with E-state index in [0.29, 0.717) is 0 Å². The van der Waals surface area contributed by atoms with Gasteiger partial charge in [0.15, 0.2) is 0 Å². The average Bonchev–Trinajstić information content (AvgIpc) is 2.15. The molecule has 0 aliphatic carbocycles. The van der Waals surface area contributed by atoms with Gasteiger partial charge in [0, 0.05) is 0 Å². The Morgan fingerprint density at radius 1 is 1.00 bits per heavy atom. The lowest BCUT2D eigenvalue weighted by Gasteiger charge is -2.42. The van der Waals surface area contributed by atoms with E-state index in [1.807, 2.05) is 6.92 Å². The lowest BCUT2D eigenvalue weighted by atomic mass is 10.2. The van der Waals surface area contributed by atoms with E-state index in [1.54, 1.807) is 12.1 Å². The molecule has 0 fully saturated rings. The molecule has 1 N–H and O–H groups in total. The maximum Gasteiger partial charge on any atom is 0.294 e. The fourth-order valence-corrected chi connectivity index (χ4v) is 7.47. The van der Waals surface area contributed by atoms with E-state index in [1.165, 1.54) is 6.07 Å². The summed E-state index contributed by atoms with van der Waals surface area (Å²) < 4.78 is 32.0. The first-order valence-electron chi connectivity index (χ1n) is 6.63. The number of benzene rings is 1. The fraction of sp³-hybridized carbons (Fsp3) is 0.600. The van der Waals surface area contributed by atoms with E-state index < -0.39 is 18.0 Å². The molecule has 0 aliphatic heterocycles. The highest BCUT2D eigenvalue weighted by atomic mass is 32.2. The predicted octanol–water partition coefficient (Wildman–Crippen LogP) is 3.95. The standard InChI is InChI=1S/C15H25O3PS/c1-11-8-9-12(20(16,17)18)10-13(11)19(14(2,3)4)15(5,6)7/h8-10H,1-7H3,(H,16,17,18). The van der Waals surface area contributed by atoms with Crippen LogP contribution in [0.4, 0.5) is 0 Å². The predicted molar refractivity (Wildman–Crippen MR) is 87.1 cm³/mol. The van der Waals surface area contributed by atoms with Crippen LogP contribution in [0.15, 0.2) is 23.1 Å². The Hall–Kier alpha value is -0.440. The van der Waals surface area contributed by atoms with Crippen molar-refractivity contribution in [3.8, 4) is 0 Å². The molecule has 1 aromatic carbocycles. The van der Waals surface area contributed by atoms with Gasteiger partial charge in [0.25, 0.3) is 10.1 Å². The monoisotopic (exact) mass is 316 g/mol. The lowest BCUT2D eigenvalue weighted by Crippen LogP contribution is -2.32. The summed E-state index contributed by atoms with van der Waals surface area (Å²) in [5.41, 5.74) is 1.08. The summed E-state index contributed by atoms with van der Waals surface area (Å²) in [7, 11) is -4.75. The summed E-state index contributed by atoms with van der Waals surface area (Å²) in [6.07, 6.45) is 0. The quantitative estimate of drug-likeness (QED) is 0.664. The normalized spacial score (nSPS) is 13.8. The van der Waals surface area contributed by atoms with Crippen LogP contribution in [-0.2, 0) is 10.1 Å². The first-order valence-corrected chi connectivity index (χ1v) is 9.41. The molecule has 0 aliphatic rings. The molecule has 0 saturated heterocycles. The van der Waals surface area contributed by atoms with Crippen LogP contribution in [0.2, 0.25) is 0 Å². The van der Waals surface area contributed by atoms with Gasteiger partial charge in [-0.3, -0.25) is 4.55 Å². The molecule has 0 saturated carbocycles. The van der Waals surface area contributed by atoms with Gasteiger partial charge in [0.1, 0.15) is 0 Å². The van der Waals surface area contributed by atoms with Crippen molar-refractivity contribution in [3.63, 3.8) is 0 Å². The zero-order chi connectivity index (χ0) is 15.9. The number of hydrogen-bond donors (Lipinski definition) is 1. The maximum absolute atomic E-state index is 11.4. The molecule has 1 aromatic rings. The maximum atomic E-state index is 11.4. The first-order chi connectivity index (χ1) is 8.74. The van der Waals surface area contributed by atoms with Crippen LogP contribution in [0.25, 0.3) is 0 Å². The topological polar surface area (TPSA) is 54.4 Å². The summed E-state index contributed by atoms with van der Waals surface area (Å²) in [4.78, 5) is -0.0147. The van der Waals surface area contributed by atoms with E-state index >= 15 is 0 Å². The Morgan fingerprint density at radius 3 is 1.80 bits per heavy atom. The van der Waals surface area contributed by atoms with E-state index in [9.17, 15) is 13.0 Å². The van der Waals surface area contributed by atoms with Gasteiger partial charge in [-0.15, -0.1) is 0 Å². The van der Waals surface area contributed by atoms with Crippen molar-refractivity contribution < 1.29 is 13.0 Å². The number of hydrogen-bond acceptors (Lipinski definition) is 2. The average molecular weight is 316 g/mol. The second-order valence-corrected chi connectivity index (χ2v) is 12.4. The molecule has 0 atom stereocenters. The van der Waals surface area contributed by atoms with Gasteiger partial charge in [-0.1, -0.05) is 55.5 Å². The van der Waals surface area contributed by atoms with E-state index in [-0.39, 0.29) is 15.2 Å². The highest BCUT2D eigenvalue weighted by Gasteiger charge is 2.36. The summed E-state index contributed by atoms with van der Waals surface area (Å²) in [6, 6.07) is 4.89. The van der Waals surface area contributed by atoms with Crippen molar-refractivity contribution in [2.24, 2.45) is 0 Å². The van der Waals surface area contributed by atoms with Gasteiger partial charge < -0.3 is 0 Å². The molecule has 20 heavy (non-hydrogen) atoms. The van der Waals surface area contributed by atoms with E-state index in [0.717, 1.165) is 10.9 Å². The molecule has 0 unspecified atom stereocenters. The van der Waals surface area contributed by atoms with Crippen LogP contribution in [0.5, 0.6) is 0 Å². The number of aryl methyl sites for hydroxylation is 1. The van der Waals surface area contributed by atoms with Crippen molar-refractivity contribution in [2.75, 3.05) is 0 Å². The van der Waals surface area contributed by atoms with Crippen molar-refractivity contribution >= 4 is 23.3 Å². The molecule has 0 radical (unpaired) electrons. The molecule has 0 amide bonds. The Bertz CT molecular complexity index is 579. The lowest BCUT2D eigenvalue weighted by molar-refractivity contribution is 0.483. The van der Waals surface area contributed by atoms with Crippen LogP contribution in [-0.4, -0.2) is 23.3 Å². The fourth-order valence-electron chi connectivity index (χ4n) is 2.72. The third-order valence-electron chi connectivity index (χ3n) is 3.06. The number of rotatable bonds is 2. The summed E-state index contributed by atoms with van der Waals surface area (Å²) in [5.74, 6) is 0. The summed E-state index contributed by atoms with van der Waals surface area (Å²) in [6.45, 7) is 15.1. The van der Waals surface area contributed by atoms with Gasteiger partial charge in [0.05, 0.1) is 4.90 Å². The highest BCUT2D eigenvalue weighted by molar-refractivity contribution is 7.85. The molecule has 0 spiro atoms. The van der Waals surface area contributed by atoms with Gasteiger partial charge in [-0.05, 0) is 40.2 Å². The minimum absolute atomic E-state index is 0.0147. The molecule has 1 rings (SSSR count). The Labute approximate surface area is 124 Å². The Morgan fingerprint density at radius 2 is 1.45 bits per heavy atom. The van der Waals surface area contributed by atoms with Crippen LogP contribution in [0.3, 0.4) is 0 Å². The van der Waals surface area contributed by atoms with Crippen LogP contribution in [0.1, 0.15) is 47.1 Å². The van der Waals surface area contributed by atoms with Crippen LogP contribution in [0, 0.1) is 6.92 Å². The van der Waals surface area contributed by atoms with Crippen LogP contribution >= 0.6 is 7.92 Å². The zero-order valence-corrected chi connectivity index (χ0v) is 15.1. The Kier molecular flexibility index (Phi) is 4.75. The van der Waals surface area contributed by atoms with Gasteiger partial charge in [0.2, 0.25) is 0 Å². The molecule has 5 heteroatoms. The minimum Gasteiger partial charge on any atom is -0.282 e. The van der Waals surface area contributed by atoms with Crippen LogP contribution < -0.4 is 5.30 Å². The second kappa shape index (κ2) is 5.40. The third-order valence-corrected chi connectivity index (χ3v) is 7.56. The highest BCUT2D eigenvalue weighted by Crippen LogP contribution is 2.58. The molecular formula is C15H25O3PS. The Balaban J connectivity index is 3.57.